The number of aromatic carboxylic acids is 1. The largest absolute Gasteiger partial charge is 0.478 e. The quantitative estimate of drug-likeness (QED) is 0.875. The van der Waals surface area contributed by atoms with Crippen molar-refractivity contribution in [2.45, 2.75) is 6.54 Å². The molecule has 2 rings (SSSR count). The van der Waals surface area contributed by atoms with Gasteiger partial charge in [-0.2, -0.15) is 0 Å². The summed E-state index contributed by atoms with van der Waals surface area (Å²) < 4.78 is 0. The maximum Gasteiger partial charge on any atom is 0.337 e. The van der Waals surface area contributed by atoms with E-state index in [1.165, 1.54) is 12.3 Å². The Balaban J connectivity index is 2.27. The highest BCUT2D eigenvalue weighted by Gasteiger charge is 2.15. The predicted octanol–water partition coefficient (Wildman–Crippen LogP) is 2.00. The van der Waals surface area contributed by atoms with Crippen LogP contribution in [0.15, 0.2) is 42.6 Å². The maximum atomic E-state index is 11.0. The highest BCUT2D eigenvalue weighted by atomic mass is 16.4. The second-order valence-electron chi connectivity index (χ2n) is 4.24. The van der Waals surface area contributed by atoms with Crippen LogP contribution in [0.4, 0.5) is 11.5 Å². The van der Waals surface area contributed by atoms with Crippen LogP contribution in [0.25, 0.3) is 0 Å². The van der Waals surface area contributed by atoms with E-state index in [1.54, 1.807) is 0 Å². The third kappa shape index (κ3) is 2.82. The van der Waals surface area contributed by atoms with Gasteiger partial charge in [0.1, 0.15) is 0 Å². The average molecular weight is 257 g/mol. The number of carbonyl (C=O) groups is 1. The second kappa shape index (κ2) is 5.39. The van der Waals surface area contributed by atoms with E-state index in [0.29, 0.717) is 12.4 Å². The Morgan fingerprint density at radius 1 is 1.32 bits per heavy atom. The van der Waals surface area contributed by atoms with Gasteiger partial charge in [-0.3, -0.25) is 0 Å². The number of aromatic nitrogens is 1. The van der Waals surface area contributed by atoms with E-state index in [-0.39, 0.29) is 11.3 Å². The van der Waals surface area contributed by atoms with E-state index in [9.17, 15) is 4.79 Å². The lowest BCUT2D eigenvalue weighted by Gasteiger charge is -2.20. The molecule has 1 aromatic heterocycles. The number of benzene rings is 1. The summed E-state index contributed by atoms with van der Waals surface area (Å²) in [6.07, 6.45) is 1.46. The van der Waals surface area contributed by atoms with Crippen LogP contribution in [-0.4, -0.2) is 23.1 Å². The Kier molecular flexibility index (Phi) is 3.66. The molecular weight excluding hydrogens is 242 g/mol. The molecule has 0 bridgehead atoms. The normalized spacial score (nSPS) is 10.2. The third-order valence-electron chi connectivity index (χ3n) is 2.82. The van der Waals surface area contributed by atoms with Crippen LogP contribution in [0.2, 0.25) is 0 Å². The van der Waals surface area contributed by atoms with Crippen LogP contribution < -0.4 is 10.6 Å². The summed E-state index contributed by atoms with van der Waals surface area (Å²) in [4.78, 5) is 17.0. The Hall–Kier alpha value is -2.56. The van der Waals surface area contributed by atoms with E-state index < -0.39 is 5.97 Å². The minimum Gasteiger partial charge on any atom is -0.478 e. The fraction of sp³-hybridized carbons (Fsp3) is 0.143. The van der Waals surface area contributed by atoms with Gasteiger partial charge in [-0.15, -0.1) is 0 Å². The number of anilines is 2. The lowest BCUT2D eigenvalue weighted by molar-refractivity contribution is 0.0698. The Morgan fingerprint density at radius 3 is 2.63 bits per heavy atom. The van der Waals surface area contributed by atoms with Crippen molar-refractivity contribution in [3.8, 4) is 0 Å². The molecule has 0 aliphatic heterocycles. The van der Waals surface area contributed by atoms with Crippen LogP contribution >= 0.6 is 0 Å². The molecule has 1 aromatic carbocycles. The molecule has 5 nitrogen and oxygen atoms in total. The molecule has 0 fully saturated rings. The number of carboxylic acid groups (broad SMARTS) is 1. The monoisotopic (exact) mass is 257 g/mol. The number of hydrogen-bond donors (Lipinski definition) is 2. The van der Waals surface area contributed by atoms with Gasteiger partial charge in [0.05, 0.1) is 11.3 Å². The van der Waals surface area contributed by atoms with Gasteiger partial charge in [-0.25, -0.2) is 9.78 Å². The van der Waals surface area contributed by atoms with Crippen molar-refractivity contribution >= 4 is 17.5 Å². The SMILES string of the molecule is CN(Cc1ccccc1)c1nccc(C(=O)O)c1N. The molecule has 0 radical (unpaired) electrons. The first-order valence-corrected chi connectivity index (χ1v) is 5.82. The first-order chi connectivity index (χ1) is 9.09. The lowest BCUT2D eigenvalue weighted by Crippen LogP contribution is -2.20. The molecule has 1 heterocycles. The maximum absolute atomic E-state index is 11.0. The highest BCUT2D eigenvalue weighted by Crippen LogP contribution is 2.24. The molecule has 0 saturated carbocycles. The summed E-state index contributed by atoms with van der Waals surface area (Å²) in [5.74, 6) is -0.571. The van der Waals surface area contributed by atoms with Crippen molar-refractivity contribution in [3.05, 3.63) is 53.7 Å². The smallest absolute Gasteiger partial charge is 0.337 e. The van der Waals surface area contributed by atoms with Crippen LogP contribution in [0.1, 0.15) is 15.9 Å². The molecule has 0 aliphatic rings. The number of nitrogens with two attached hydrogens (primary N) is 1. The van der Waals surface area contributed by atoms with E-state index in [4.69, 9.17) is 10.8 Å². The predicted molar refractivity (Wildman–Crippen MR) is 74.2 cm³/mol. The van der Waals surface area contributed by atoms with Gasteiger partial charge in [0.15, 0.2) is 5.82 Å². The van der Waals surface area contributed by atoms with Crippen LogP contribution in [-0.2, 0) is 6.54 Å². The standard InChI is InChI=1S/C14H15N3O2/c1-17(9-10-5-3-2-4-6-10)13-12(15)11(14(18)19)7-8-16-13/h2-8H,9,15H2,1H3,(H,18,19). The first kappa shape index (κ1) is 12.9. The van der Waals surface area contributed by atoms with E-state index in [0.717, 1.165) is 5.56 Å². The third-order valence-corrected chi connectivity index (χ3v) is 2.82. The van der Waals surface area contributed by atoms with Crippen molar-refractivity contribution in [2.24, 2.45) is 0 Å². The number of hydrogen-bond acceptors (Lipinski definition) is 4. The molecule has 5 heteroatoms. The molecular formula is C14H15N3O2. The van der Waals surface area contributed by atoms with Crippen LogP contribution in [0.3, 0.4) is 0 Å². The zero-order valence-electron chi connectivity index (χ0n) is 10.6. The van der Waals surface area contributed by atoms with Crippen molar-refractivity contribution < 1.29 is 9.90 Å². The molecule has 3 N–H and O–H groups in total. The van der Waals surface area contributed by atoms with Crippen molar-refractivity contribution in [1.82, 2.24) is 4.98 Å². The summed E-state index contributed by atoms with van der Waals surface area (Å²) in [5, 5.41) is 9.04. The van der Waals surface area contributed by atoms with E-state index >= 15 is 0 Å². The molecule has 98 valence electrons. The van der Waals surface area contributed by atoms with Gasteiger partial charge >= 0.3 is 5.97 Å². The minimum absolute atomic E-state index is 0.0740. The first-order valence-electron chi connectivity index (χ1n) is 5.82. The zero-order valence-corrected chi connectivity index (χ0v) is 10.6. The number of rotatable bonds is 4. The average Bonchev–Trinajstić information content (AvgIpc) is 2.39. The molecule has 0 spiro atoms. The molecule has 0 saturated heterocycles. The Morgan fingerprint density at radius 2 is 2.00 bits per heavy atom. The summed E-state index contributed by atoms with van der Waals surface area (Å²) >= 11 is 0. The van der Waals surface area contributed by atoms with Gasteiger partial charge < -0.3 is 15.7 Å². The molecule has 19 heavy (non-hydrogen) atoms. The van der Waals surface area contributed by atoms with Gasteiger partial charge in [-0.1, -0.05) is 30.3 Å². The fourth-order valence-corrected chi connectivity index (χ4v) is 1.89. The van der Waals surface area contributed by atoms with Crippen molar-refractivity contribution in [3.63, 3.8) is 0 Å². The zero-order chi connectivity index (χ0) is 13.8. The molecule has 0 unspecified atom stereocenters. The Labute approximate surface area is 111 Å². The van der Waals surface area contributed by atoms with Crippen LogP contribution in [0.5, 0.6) is 0 Å². The molecule has 2 aromatic rings. The van der Waals surface area contributed by atoms with Gasteiger partial charge in [0.2, 0.25) is 0 Å². The fourth-order valence-electron chi connectivity index (χ4n) is 1.89. The number of nitrogen functional groups attached to an aromatic ring is 1. The minimum atomic E-state index is -1.05. The van der Waals surface area contributed by atoms with E-state index in [1.807, 2.05) is 42.3 Å². The number of pyridine rings is 1. The molecule has 0 atom stereocenters. The second-order valence-corrected chi connectivity index (χ2v) is 4.24. The van der Waals surface area contributed by atoms with Gasteiger partial charge in [0, 0.05) is 19.8 Å². The molecule has 0 amide bonds. The van der Waals surface area contributed by atoms with E-state index in [2.05, 4.69) is 4.98 Å². The Bertz CT molecular complexity index is 584. The topological polar surface area (TPSA) is 79.5 Å². The summed E-state index contributed by atoms with van der Waals surface area (Å²) in [6, 6.07) is 11.2. The lowest BCUT2D eigenvalue weighted by atomic mass is 10.2. The number of carboxylic acids is 1. The number of nitrogens with zero attached hydrogens (tertiary/aromatic N) is 2. The summed E-state index contributed by atoms with van der Waals surface area (Å²) in [7, 11) is 1.83. The highest BCUT2D eigenvalue weighted by molar-refractivity contribution is 5.96. The van der Waals surface area contributed by atoms with Gasteiger partial charge in [0.25, 0.3) is 0 Å². The van der Waals surface area contributed by atoms with Crippen molar-refractivity contribution in [1.29, 1.82) is 0 Å². The molecule has 0 aliphatic carbocycles. The summed E-state index contributed by atoms with van der Waals surface area (Å²) in [6.45, 7) is 0.612. The van der Waals surface area contributed by atoms with Crippen LogP contribution in [0, 0.1) is 0 Å². The van der Waals surface area contributed by atoms with Gasteiger partial charge in [-0.05, 0) is 11.6 Å². The van der Waals surface area contributed by atoms with Crippen molar-refractivity contribution in [2.75, 3.05) is 17.7 Å². The summed E-state index contributed by atoms with van der Waals surface area (Å²) in [5.41, 5.74) is 7.22.